The first-order chi connectivity index (χ1) is 3.46. The third kappa shape index (κ3) is 124. The smallest absolute Gasteiger partial charge is 2.00 e. The van der Waals surface area contributed by atoms with E-state index >= 15 is 0 Å². The maximum atomic E-state index is 8.73. The van der Waals surface area contributed by atoms with Crippen LogP contribution in [0.3, 0.4) is 0 Å². The van der Waals surface area contributed by atoms with Gasteiger partial charge in [-0.15, -0.1) is 0 Å². The zero-order valence-corrected chi connectivity index (χ0v) is 20.2. The summed E-state index contributed by atoms with van der Waals surface area (Å²) in [5.41, 5.74) is 0. The summed E-state index contributed by atoms with van der Waals surface area (Å²) in [7, 11) is 0. The zero-order valence-electron chi connectivity index (χ0n) is 6.84. The third-order valence-corrected chi connectivity index (χ3v) is 0. The molecule has 0 heterocycles. The molecule has 0 aromatic carbocycles. The Kier molecular flexibility index (Phi) is 41.3. The molecule has 0 bridgehead atoms. The molecule has 0 aliphatic carbocycles. The van der Waals surface area contributed by atoms with Crippen molar-refractivity contribution in [2.45, 2.75) is 0 Å². The topological polar surface area (TPSA) is 109 Å². The average Bonchev–Trinajstić information content (AvgIpc) is 1.25. The molecule has 0 aliphatic heterocycles. The largest absolute Gasteiger partial charge is 2.00 e. The van der Waals surface area contributed by atoms with Crippen molar-refractivity contribution in [2.24, 2.45) is 0 Å². The zero-order chi connectivity index (χ0) is 7.15. The van der Waals surface area contributed by atoms with Crippen molar-refractivity contribution in [3.05, 3.63) is 0 Å². The number of hydrogen-bond donors (Lipinski definition) is 2. The van der Waals surface area contributed by atoms with Crippen molar-refractivity contribution in [3.8, 4) is 0 Å². The van der Waals surface area contributed by atoms with E-state index < -0.39 is 37.6 Å². The summed E-state index contributed by atoms with van der Waals surface area (Å²) >= 11 is -8.19. The van der Waals surface area contributed by atoms with E-state index in [1.807, 2.05) is 0 Å². The normalized spacial score (nSPS) is 5.00. The predicted molar refractivity (Wildman–Crippen MR) is 25.1 cm³/mol. The van der Waals surface area contributed by atoms with Crippen LogP contribution in [0.15, 0.2) is 0 Å². The third-order valence-electron chi connectivity index (χ3n) is 0. The Labute approximate surface area is 129 Å². The summed E-state index contributed by atoms with van der Waals surface area (Å²) in [6.07, 6.45) is 0. The summed E-state index contributed by atoms with van der Waals surface area (Å²) in [4.78, 5) is 0. The van der Waals surface area contributed by atoms with Crippen molar-refractivity contribution < 1.29 is 60.7 Å². The fourth-order valence-electron chi connectivity index (χ4n) is 0. The minimum Gasteiger partial charge on any atom is 2.00 e. The molecule has 10 heteroatoms. The van der Waals surface area contributed by atoms with Crippen LogP contribution in [0.4, 0.5) is 0 Å². The molecule has 6 nitrogen and oxygen atoms in total. The van der Waals surface area contributed by atoms with Gasteiger partial charge in [0.2, 0.25) is 0 Å². The molecule has 60 valence electrons. The molecule has 0 saturated carbocycles. The van der Waals surface area contributed by atoms with Crippen LogP contribution in [-0.2, 0) is 50.6 Å². The van der Waals surface area contributed by atoms with Crippen LogP contribution in [0.1, 0.15) is 2.85 Å². The van der Waals surface area contributed by atoms with E-state index in [0.717, 1.165) is 0 Å². The van der Waals surface area contributed by atoms with E-state index in [2.05, 4.69) is 0 Å². The number of rotatable bonds is 0. The fraction of sp³-hybridized carbons (Fsp3) is 0. The Morgan fingerprint density at radius 3 is 0.900 bits per heavy atom. The Morgan fingerprint density at radius 1 is 0.900 bits per heavy atom. The van der Waals surface area contributed by atoms with E-state index in [9.17, 15) is 0 Å². The number of hydrogen-bond acceptors (Lipinski definition) is 4. The fourth-order valence-corrected chi connectivity index (χ4v) is 0. The summed E-state index contributed by atoms with van der Waals surface area (Å²) in [6.45, 7) is 0. The Bertz CT molecular complexity index is 140. The maximum absolute atomic E-state index is 8.73. The van der Waals surface area contributed by atoms with E-state index in [4.69, 9.17) is 20.2 Å². The molecule has 10 heavy (non-hydrogen) atoms. The molecule has 0 spiro atoms. The second-order valence-electron chi connectivity index (χ2n) is 0.476. The Hall–Kier alpha value is 2.96. The Morgan fingerprint density at radius 2 is 0.900 bits per heavy atom. The van der Waals surface area contributed by atoms with Crippen molar-refractivity contribution in [1.82, 2.24) is 0 Å². The molecule has 0 aromatic heterocycles. The predicted octanol–water partition coefficient (Wildman–Crippen LogP) is -2.93. The molecule has 0 aliphatic rings. The van der Waals surface area contributed by atoms with E-state index in [-0.39, 0.29) is 74.5 Å². The van der Waals surface area contributed by atoms with Gasteiger partial charge in [0.05, 0.1) is 0 Å². The quantitative estimate of drug-likeness (QED) is 0.256. The minimum atomic E-state index is -4.09. The summed E-state index contributed by atoms with van der Waals surface area (Å²) in [5.74, 6) is 0. The molecule has 0 saturated heterocycles. The Balaban J connectivity index is -0.0000000112. The molecule has 0 amide bonds. The maximum Gasteiger partial charge on any atom is 2.00 e. The van der Waals surface area contributed by atoms with Crippen LogP contribution in [0.2, 0.25) is 0 Å². The molecule has 0 atom stereocenters. The van der Waals surface area contributed by atoms with Crippen LogP contribution in [0.25, 0.3) is 0 Å². The van der Waals surface area contributed by atoms with Crippen molar-refractivity contribution >= 4 is 71.7 Å². The van der Waals surface area contributed by atoms with Gasteiger partial charge in [-0.3, -0.25) is 0 Å². The first kappa shape index (κ1) is 23.1. The van der Waals surface area contributed by atoms with Gasteiger partial charge in [-0.25, -0.2) is 0 Å². The van der Waals surface area contributed by atoms with Crippen LogP contribution >= 0.6 is 0 Å². The van der Waals surface area contributed by atoms with Crippen LogP contribution in [0, 0.1) is 0 Å². The second kappa shape index (κ2) is 17.9. The van der Waals surface area contributed by atoms with Gasteiger partial charge in [0.1, 0.15) is 0 Å². The summed E-state index contributed by atoms with van der Waals surface area (Å²) in [5, 5.41) is 0. The van der Waals surface area contributed by atoms with Gasteiger partial charge < -0.3 is 2.85 Å². The first-order valence-corrected chi connectivity index (χ1v) is 9.25. The monoisotopic (exact) mass is 762 g/mol. The summed E-state index contributed by atoms with van der Waals surface area (Å²) in [6, 6.07) is 0. The average molecular weight is 762 g/mol. The molecule has 0 unspecified atom stereocenters. The van der Waals surface area contributed by atoms with Gasteiger partial charge in [0, 0.05) is 0 Å². The van der Waals surface area contributed by atoms with Gasteiger partial charge >= 0.3 is 129 Å². The SMILES string of the molecule is [BiH3].[H-].[H-].[O]=[Ta](=[O])[OH].[O]=[Ta](=[O])[OH].[Sr+2]. The standard InChI is InChI=1S/Bi.2H2O.4O.Sr.2Ta.5H/h;2*1H2;;;;;;;;;;;;/q;;;;;;;+2;2*+1;;;;2*-1/p-2. The van der Waals surface area contributed by atoms with Gasteiger partial charge in [-0.05, 0) is 0 Å². The van der Waals surface area contributed by atoms with Gasteiger partial charge in [-0.1, -0.05) is 0 Å². The van der Waals surface area contributed by atoms with Gasteiger partial charge in [-0.2, -0.15) is 0 Å². The van der Waals surface area contributed by atoms with Crippen molar-refractivity contribution in [3.63, 3.8) is 0 Å². The molecule has 2 N–H and O–H groups in total. The molecule has 0 radical (unpaired) electrons. The summed E-state index contributed by atoms with van der Waals surface area (Å²) < 4.78 is 49.2. The van der Waals surface area contributed by atoms with Gasteiger partial charge in [0.25, 0.3) is 0 Å². The molecular weight excluding hydrogens is 754 g/mol. The molecular formula is H7BiO6SrTa2. The molecule has 0 rings (SSSR count). The van der Waals surface area contributed by atoms with Crippen molar-refractivity contribution in [1.29, 1.82) is 0 Å². The van der Waals surface area contributed by atoms with Crippen molar-refractivity contribution in [2.75, 3.05) is 0 Å². The second-order valence-corrected chi connectivity index (χ2v) is 3.89. The van der Waals surface area contributed by atoms with E-state index in [0.29, 0.717) is 0 Å². The van der Waals surface area contributed by atoms with Crippen LogP contribution in [0.5, 0.6) is 0 Å². The van der Waals surface area contributed by atoms with Crippen LogP contribution in [-0.4, -0.2) is 78.9 Å². The van der Waals surface area contributed by atoms with E-state index in [1.165, 1.54) is 0 Å². The molecule has 0 fully saturated rings. The van der Waals surface area contributed by atoms with Crippen LogP contribution < -0.4 is 0 Å². The first-order valence-electron chi connectivity index (χ1n) is 1.13. The molecule has 0 aromatic rings. The minimum absolute atomic E-state index is 0. The van der Waals surface area contributed by atoms with E-state index in [1.54, 1.807) is 0 Å². The van der Waals surface area contributed by atoms with Gasteiger partial charge in [0.15, 0.2) is 0 Å².